The molecule has 0 aliphatic heterocycles. The van der Waals surface area contributed by atoms with Crippen LogP contribution in [0, 0.1) is 0 Å². The van der Waals surface area contributed by atoms with Gasteiger partial charge in [-0.15, -0.1) is 0 Å². The molecule has 0 atom stereocenters. The second-order valence-electron chi connectivity index (χ2n) is 2.83. The van der Waals surface area contributed by atoms with E-state index in [1.165, 1.54) is 0 Å². The van der Waals surface area contributed by atoms with Crippen LogP contribution in [0.15, 0.2) is 42.5 Å². The summed E-state index contributed by atoms with van der Waals surface area (Å²) in [4.78, 5) is 0. The number of benzene rings is 2. The Labute approximate surface area is 84.4 Å². The fourth-order valence-electron chi connectivity index (χ4n) is 1.41. The van der Waals surface area contributed by atoms with Crippen molar-refractivity contribution in [3.63, 3.8) is 0 Å². The molecule has 0 radical (unpaired) electrons. The Kier molecular flexibility index (Phi) is 2.17. The monoisotopic (exact) mass is 236 g/mol. The van der Waals surface area contributed by atoms with E-state index in [9.17, 15) is 5.11 Å². The fourth-order valence-corrected chi connectivity index (χ4v) is 1.79. The van der Waals surface area contributed by atoms with Gasteiger partial charge in [0.05, 0.1) is 0 Å². The SMILES string of the molecule is OC(=[Se])c1cccc2ccccc12. The molecular formula is C11H8OSe. The predicted octanol–water partition coefficient (Wildman–Crippen LogP) is 1.86. The van der Waals surface area contributed by atoms with Crippen LogP contribution in [0.25, 0.3) is 10.8 Å². The molecule has 64 valence electrons. The van der Waals surface area contributed by atoms with E-state index in [-0.39, 0.29) is 4.60 Å². The Balaban J connectivity index is 2.83. The Morgan fingerprint density at radius 1 is 1.00 bits per heavy atom. The van der Waals surface area contributed by atoms with E-state index in [0.717, 1.165) is 16.3 Å². The van der Waals surface area contributed by atoms with Crippen molar-refractivity contribution in [3.05, 3.63) is 48.0 Å². The zero-order valence-electron chi connectivity index (χ0n) is 6.90. The maximum atomic E-state index is 9.38. The molecule has 0 amide bonds. The van der Waals surface area contributed by atoms with Crippen molar-refractivity contribution >= 4 is 31.0 Å². The molecule has 2 rings (SSSR count). The van der Waals surface area contributed by atoms with Crippen LogP contribution in [0.5, 0.6) is 0 Å². The number of fused-ring (bicyclic) bond motifs is 1. The second kappa shape index (κ2) is 3.33. The molecule has 2 heteroatoms. The fraction of sp³-hybridized carbons (Fsp3) is 0. The minimum atomic E-state index is 0.247. The molecule has 2 aromatic carbocycles. The first kappa shape index (κ1) is 8.49. The van der Waals surface area contributed by atoms with Crippen LogP contribution < -0.4 is 0 Å². The molecular weight excluding hydrogens is 227 g/mol. The molecule has 0 saturated carbocycles. The van der Waals surface area contributed by atoms with Crippen molar-refractivity contribution in [1.29, 1.82) is 0 Å². The van der Waals surface area contributed by atoms with Gasteiger partial charge in [-0.05, 0) is 0 Å². The van der Waals surface area contributed by atoms with E-state index in [4.69, 9.17) is 0 Å². The Morgan fingerprint density at radius 3 is 2.46 bits per heavy atom. The average Bonchev–Trinajstić information content (AvgIpc) is 2.17. The van der Waals surface area contributed by atoms with Gasteiger partial charge in [-0.25, -0.2) is 0 Å². The molecule has 0 saturated heterocycles. The second-order valence-corrected chi connectivity index (χ2v) is 3.64. The van der Waals surface area contributed by atoms with E-state index in [0.29, 0.717) is 0 Å². The molecule has 13 heavy (non-hydrogen) atoms. The quantitative estimate of drug-likeness (QED) is 0.748. The van der Waals surface area contributed by atoms with Crippen molar-refractivity contribution < 1.29 is 5.11 Å². The van der Waals surface area contributed by atoms with Crippen molar-refractivity contribution in [1.82, 2.24) is 0 Å². The summed E-state index contributed by atoms with van der Waals surface area (Å²) in [5, 5.41) is 11.6. The van der Waals surface area contributed by atoms with E-state index < -0.39 is 0 Å². The molecule has 0 aliphatic carbocycles. The van der Waals surface area contributed by atoms with Crippen LogP contribution in [0.2, 0.25) is 0 Å². The molecule has 0 heterocycles. The van der Waals surface area contributed by atoms with Gasteiger partial charge in [0.25, 0.3) is 0 Å². The van der Waals surface area contributed by atoms with Crippen LogP contribution in [-0.4, -0.2) is 25.3 Å². The number of rotatable bonds is 1. The van der Waals surface area contributed by atoms with Crippen LogP contribution in [-0.2, 0) is 0 Å². The normalized spacial score (nSPS) is 10.2. The third-order valence-electron chi connectivity index (χ3n) is 2.02. The topological polar surface area (TPSA) is 20.2 Å². The summed E-state index contributed by atoms with van der Waals surface area (Å²) in [5.74, 6) is 0. The summed E-state index contributed by atoms with van der Waals surface area (Å²) in [6, 6.07) is 13.8. The predicted molar refractivity (Wildman–Crippen MR) is 55.7 cm³/mol. The van der Waals surface area contributed by atoms with Crippen molar-refractivity contribution in [2.75, 3.05) is 0 Å². The molecule has 0 bridgehead atoms. The van der Waals surface area contributed by atoms with Gasteiger partial charge in [0.2, 0.25) is 0 Å². The van der Waals surface area contributed by atoms with Gasteiger partial charge in [0.1, 0.15) is 0 Å². The molecule has 0 aromatic heterocycles. The number of aliphatic hydroxyl groups is 1. The van der Waals surface area contributed by atoms with Crippen molar-refractivity contribution in [3.8, 4) is 0 Å². The molecule has 1 nitrogen and oxygen atoms in total. The summed E-state index contributed by atoms with van der Waals surface area (Å²) in [7, 11) is 0. The van der Waals surface area contributed by atoms with Gasteiger partial charge in [0.15, 0.2) is 0 Å². The summed E-state index contributed by atoms with van der Waals surface area (Å²) >= 11 is 2.62. The van der Waals surface area contributed by atoms with Gasteiger partial charge in [-0.1, -0.05) is 0 Å². The Bertz CT molecular complexity index is 457. The summed E-state index contributed by atoms with van der Waals surface area (Å²) in [6.07, 6.45) is 0. The molecule has 2 aromatic rings. The van der Waals surface area contributed by atoms with E-state index in [1.807, 2.05) is 42.5 Å². The van der Waals surface area contributed by atoms with Crippen molar-refractivity contribution in [2.45, 2.75) is 0 Å². The number of aliphatic hydroxyl groups excluding tert-OH is 1. The Hall–Kier alpha value is -1.11. The molecule has 1 N–H and O–H groups in total. The minimum absolute atomic E-state index is 0.247. The molecule has 0 spiro atoms. The van der Waals surface area contributed by atoms with Gasteiger partial charge >= 0.3 is 84.1 Å². The summed E-state index contributed by atoms with van der Waals surface area (Å²) in [6.45, 7) is 0. The molecule has 0 aliphatic rings. The molecule has 0 unspecified atom stereocenters. The number of hydrogen-bond donors (Lipinski definition) is 1. The van der Waals surface area contributed by atoms with Gasteiger partial charge in [-0.3, -0.25) is 0 Å². The first-order valence-corrected chi connectivity index (χ1v) is 4.86. The van der Waals surface area contributed by atoms with Crippen LogP contribution in [0.1, 0.15) is 5.56 Å². The molecule has 0 fully saturated rings. The van der Waals surface area contributed by atoms with Gasteiger partial charge in [0, 0.05) is 0 Å². The third kappa shape index (κ3) is 1.51. The van der Waals surface area contributed by atoms with Crippen molar-refractivity contribution in [2.24, 2.45) is 0 Å². The van der Waals surface area contributed by atoms with Crippen LogP contribution in [0.4, 0.5) is 0 Å². The zero-order chi connectivity index (χ0) is 9.26. The summed E-state index contributed by atoms with van der Waals surface area (Å²) in [5.41, 5.74) is 0.859. The summed E-state index contributed by atoms with van der Waals surface area (Å²) < 4.78 is 0.247. The van der Waals surface area contributed by atoms with Gasteiger partial charge < -0.3 is 0 Å². The van der Waals surface area contributed by atoms with E-state index in [1.54, 1.807) is 0 Å². The van der Waals surface area contributed by atoms with E-state index >= 15 is 0 Å². The first-order valence-electron chi connectivity index (χ1n) is 4.00. The standard InChI is InChI=1S/C11H8OSe/c12-11(13)10-7-3-5-8-4-1-2-6-9(8)10/h1-7H,(H,12,13). The zero-order valence-corrected chi connectivity index (χ0v) is 8.61. The maximum absolute atomic E-state index is 9.38. The Morgan fingerprint density at radius 2 is 1.69 bits per heavy atom. The average molecular weight is 235 g/mol. The first-order chi connectivity index (χ1) is 6.29. The van der Waals surface area contributed by atoms with Gasteiger partial charge in [-0.2, -0.15) is 0 Å². The third-order valence-corrected chi connectivity index (χ3v) is 2.48. The van der Waals surface area contributed by atoms with E-state index in [2.05, 4.69) is 15.6 Å². The van der Waals surface area contributed by atoms with Crippen LogP contribution >= 0.6 is 0 Å². The number of hydrogen-bond acceptors (Lipinski definition) is 1. The van der Waals surface area contributed by atoms with Crippen LogP contribution in [0.3, 0.4) is 0 Å².